The van der Waals surface area contributed by atoms with Crippen molar-refractivity contribution in [2.45, 2.75) is 26.2 Å². The average Bonchev–Trinajstić information content (AvgIpc) is 2.24. The van der Waals surface area contributed by atoms with Gasteiger partial charge in [0.2, 0.25) is 0 Å². The number of aromatic nitrogens is 1. The second-order valence-electron chi connectivity index (χ2n) is 3.60. The van der Waals surface area contributed by atoms with E-state index in [1.165, 1.54) is 0 Å². The van der Waals surface area contributed by atoms with Gasteiger partial charge in [0.1, 0.15) is 5.82 Å². The van der Waals surface area contributed by atoms with Gasteiger partial charge in [0.25, 0.3) is 0 Å². The van der Waals surface area contributed by atoms with E-state index in [0.717, 1.165) is 42.9 Å². The molecule has 1 heterocycles. The maximum absolute atomic E-state index is 8.61. The molecule has 1 aromatic heterocycles. The van der Waals surface area contributed by atoms with E-state index in [2.05, 4.69) is 10.3 Å². The molecule has 0 aliphatic rings. The van der Waals surface area contributed by atoms with Gasteiger partial charge in [-0.1, -0.05) is 0 Å². The number of aryl methyl sites for hydroxylation is 1. The Morgan fingerprint density at radius 1 is 1.40 bits per heavy atom. The molecular weight excluding hydrogens is 190 g/mol. The molecule has 15 heavy (non-hydrogen) atoms. The lowest BCUT2D eigenvalue weighted by Crippen LogP contribution is -2.07. The molecule has 0 saturated heterocycles. The summed E-state index contributed by atoms with van der Waals surface area (Å²) in [6.45, 7) is 3.08. The molecule has 4 heteroatoms. The largest absolute Gasteiger partial charge is 0.396 e. The molecule has 0 amide bonds. The number of nitrogens with two attached hydrogens (primary N) is 1. The van der Waals surface area contributed by atoms with Crippen LogP contribution in [0.15, 0.2) is 12.3 Å². The summed E-state index contributed by atoms with van der Waals surface area (Å²) in [5.74, 6) is 0.763. The zero-order valence-electron chi connectivity index (χ0n) is 9.16. The number of rotatable bonds is 6. The maximum atomic E-state index is 8.61. The van der Waals surface area contributed by atoms with E-state index in [9.17, 15) is 0 Å². The van der Waals surface area contributed by atoms with Gasteiger partial charge in [-0.15, -0.1) is 0 Å². The van der Waals surface area contributed by atoms with Gasteiger partial charge < -0.3 is 16.2 Å². The van der Waals surface area contributed by atoms with Crippen molar-refractivity contribution in [2.75, 3.05) is 24.2 Å². The van der Waals surface area contributed by atoms with Crippen LogP contribution in [0, 0.1) is 6.92 Å². The molecule has 0 fully saturated rings. The van der Waals surface area contributed by atoms with Gasteiger partial charge >= 0.3 is 0 Å². The molecule has 4 N–H and O–H groups in total. The highest BCUT2D eigenvalue weighted by molar-refractivity contribution is 5.64. The van der Waals surface area contributed by atoms with Crippen molar-refractivity contribution in [3.8, 4) is 0 Å². The summed E-state index contributed by atoms with van der Waals surface area (Å²) < 4.78 is 0. The van der Waals surface area contributed by atoms with Gasteiger partial charge in [0, 0.05) is 19.3 Å². The van der Waals surface area contributed by atoms with Crippen LogP contribution in [-0.2, 0) is 0 Å². The number of unbranched alkanes of at least 4 members (excludes halogenated alkanes) is 2. The predicted octanol–water partition coefficient (Wildman–Crippen LogP) is 1.55. The third-order valence-electron chi connectivity index (χ3n) is 2.34. The van der Waals surface area contributed by atoms with Crippen molar-refractivity contribution < 1.29 is 5.11 Å². The Bertz CT molecular complexity index is 302. The van der Waals surface area contributed by atoms with E-state index >= 15 is 0 Å². The fourth-order valence-corrected chi connectivity index (χ4v) is 1.33. The zero-order chi connectivity index (χ0) is 11.1. The fraction of sp³-hybridized carbons (Fsp3) is 0.545. The number of anilines is 2. The van der Waals surface area contributed by atoms with Crippen LogP contribution in [0.4, 0.5) is 11.5 Å². The quantitative estimate of drug-likeness (QED) is 0.622. The van der Waals surface area contributed by atoms with Crippen LogP contribution >= 0.6 is 0 Å². The molecular formula is C11H19N3O. The second kappa shape index (κ2) is 6.24. The van der Waals surface area contributed by atoms with E-state index in [0.29, 0.717) is 0 Å². The van der Waals surface area contributed by atoms with Crippen LogP contribution in [0.2, 0.25) is 0 Å². The van der Waals surface area contributed by atoms with Gasteiger partial charge in [-0.3, -0.25) is 0 Å². The number of aliphatic hydroxyl groups is 1. The molecule has 84 valence electrons. The summed E-state index contributed by atoms with van der Waals surface area (Å²) in [6.07, 6.45) is 4.66. The summed E-state index contributed by atoms with van der Waals surface area (Å²) in [7, 11) is 0. The summed E-state index contributed by atoms with van der Waals surface area (Å²) in [6, 6.07) is 1.90. The average molecular weight is 209 g/mol. The molecule has 0 aliphatic heterocycles. The maximum Gasteiger partial charge on any atom is 0.149 e. The van der Waals surface area contributed by atoms with Crippen LogP contribution in [0.5, 0.6) is 0 Å². The number of hydrogen-bond acceptors (Lipinski definition) is 4. The number of nitrogens with zero attached hydrogens (tertiary/aromatic N) is 1. The van der Waals surface area contributed by atoms with Crippen molar-refractivity contribution in [1.82, 2.24) is 4.98 Å². The SMILES string of the molecule is Cc1ccnc(NCCCCCO)c1N. The lowest BCUT2D eigenvalue weighted by molar-refractivity contribution is 0.283. The highest BCUT2D eigenvalue weighted by Gasteiger charge is 2.01. The fourth-order valence-electron chi connectivity index (χ4n) is 1.33. The summed E-state index contributed by atoms with van der Waals surface area (Å²) in [5, 5.41) is 11.8. The molecule has 0 bridgehead atoms. The Labute approximate surface area is 90.5 Å². The Hall–Kier alpha value is -1.29. The Kier molecular flexibility index (Phi) is 4.90. The first-order chi connectivity index (χ1) is 7.25. The van der Waals surface area contributed by atoms with E-state index in [4.69, 9.17) is 10.8 Å². The van der Waals surface area contributed by atoms with Crippen LogP contribution in [0.25, 0.3) is 0 Å². The van der Waals surface area contributed by atoms with Crippen molar-refractivity contribution >= 4 is 11.5 Å². The van der Waals surface area contributed by atoms with Crippen LogP contribution in [-0.4, -0.2) is 23.2 Å². The molecule has 0 saturated carbocycles. The van der Waals surface area contributed by atoms with E-state index in [-0.39, 0.29) is 6.61 Å². The normalized spacial score (nSPS) is 10.3. The molecule has 0 aliphatic carbocycles. The lowest BCUT2D eigenvalue weighted by Gasteiger charge is -2.09. The minimum atomic E-state index is 0.269. The van der Waals surface area contributed by atoms with Crippen LogP contribution in [0.1, 0.15) is 24.8 Å². The molecule has 1 rings (SSSR count). The van der Waals surface area contributed by atoms with Crippen LogP contribution in [0.3, 0.4) is 0 Å². The number of aliphatic hydroxyl groups excluding tert-OH is 1. The smallest absolute Gasteiger partial charge is 0.149 e. The number of pyridine rings is 1. The standard InChI is InChI=1S/C11H19N3O/c1-9-5-7-14-11(10(9)12)13-6-3-2-4-8-15/h5,7,15H,2-4,6,8,12H2,1H3,(H,13,14). The monoisotopic (exact) mass is 209 g/mol. The first kappa shape index (κ1) is 11.8. The Morgan fingerprint density at radius 3 is 2.93 bits per heavy atom. The predicted molar refractivity (Wildman–Crippen MR) is 62.8 cm³/mol. The highest BCUT2D eigenvalue weighted by atomic mass is 16.2. The third-order valence-corrected chi connectivity index (χ3v) is 2.34. The molecule has 0 spiro atoms. The Morgan fingerprint density at radius 2 is 2.20 bits per heavy atom. The van der Waals surface area contributed by atoms with E-state index < -0.39 is 0 Å². The van der Waals surface area contributed by atoms with Gasteiger partial charge in [0.15, 0.2) is 0 Å². The number of nitrogen functional groups attached to an aromatic ring is 1. The van der Waals surface area contributed by atoms with Crippen molar-refractivity contribution in [2.24, 2.45) is 0 Å². The van der Waals surface area contributed by atoms with Gasteiger partial charge in [-0.25, -0.2) is 4.98 Å². The second-order valence-corrected chi connectivity index (χ2v) is 3.60. The van der Waals surface area contributed by atoms with Gasteiger partial charge in [-0.2, -0.15) is 0 Å². The van der Waals surface area contributed by atoms with Crippen LogP contribution < -0.4 is 11.1 Å². The van der Waals surface area contributed by atoms with Crippen molar-refractivity contribution in [3.05, 3.63) is 17.8 Å². The zero-order valence-corrected chi connectivity index (χ0v) is 9.16. The minimum Gasteiger partial charge on any atom is -0.396 e. The molecule has 0 aromatic carbocycles. The topological polar surface area (TPSA) is 71.2 Å². The number of hydrogen-bond donors (Lipinski definition) is 3. The molecule has 4 nitrogen and oxygen atoms in total. The Balaban J connectivity index is 2.34. The van der Waals surface area contributed by atoms with E-state index in [1.54, 1.807) is 6.20 Å². The summed E-state index contributed by atoms with van der Waals surface area (Å²) in [5.41, 5.74) is 7.62. The van der Waals surface area contributed by atoms with Crippen molar-refractivity contribution in [3.63, 3.8) is 0 Å². The lowest BCUT2D eigenvalue weighted by atomic mass is 10.2. The van der Waals surface area contributed by atoms with Crippen molar-refractivity contribution in [1.29, 1.82) is 0 Å². The summed E-state index contributed by atoms with van der Waals surface area (Å²) in [4.78, 5) is 4.17. The minimum absolute atomic E-state index is 0.269. The summed E-state index contributed by atoms with van der Waals surface area (Å²) >= 11 is 0. The molecule has 0 unspecified atom stereocenters. The van der Waals surface area contributed by atoms with E-state index in [1.807, 2.05) is 13.0 Å². The first-order valence-corrected chi connectivity index (χ1v) is 5.31. The molecule has 0 atom stereocenters. The first-order valence-electron chi connectivity index (χ1n) is 5.31. The van der Waals surface area contributed by atoms with Gasteiger partial charge in [-0.05, 0) is 37.8 Å². The molecule has 0 radical (unpaired) electrons. The third kappa shape index (κ3) is 3.75. The molecule has 1 aromatic rings. The highest BCUT2D eigenvalue weighted by Crippen LogP contribution is 2.18. The van der Waals surface area contributed by atoms with Gasteiger partial charge in [0.05, 0.1) is 5.69 Å². The number of nitrogens with one attached hydrogen (secondary N) is 1.